The summed E-state index contributed by atoms with van der Waals surface area (Å²) in [7, 11) is 1.73. The Balaban J connectivity index is 1.84. The largest absolute Gasteiger partial charge is 0.344 e. The van der Waals surface area contributed by atoms with Gasteiger partial charge in [-0.05, 0) is 37.8 Å². The number of urea groups is 1. The van der Waals surface area contributed by atoms with Crippen LogP contribution in [0.5, 0.6) is 0 Å². The fourth-order valence-corrected chi connectivity index (χ4v) is 3.61. The maximum absolute atomic E-state index is 13.7. The second-order valence-electron chi connectivity index (χ2n) is 6.17. The number of hydrogen-bond acceptors (Lipinski definition) is 2. The number of carbonyl (C=O) groups excluding carboxylic acids is 2. The van der Waals surface area contributed by atoms with Crippen molar-refractivity contribution in [2.45, 2.75) is 31.2 Å². The lowest BCUT2D eigenvalue weighted by molar-refractivity contribution is -0.143. The predicted molar refractivity (Wildman–Crippen MR) is 80.9 cm³/mol. The normalized spacial score (nSPS) is 24.4. The number of amides is 3. The monoisotopic (exact) mass is 323 g/mol. The van der Waals surface area contributed by atoms with Gasteiger partial charge in [-0.15, -0.1) is 0 Å². The summed E-state index contributed by atoms with van der Waals surface area (Å²) in [5.41, 5.74) is -1.06. The van der Waals surface area contributed by atoms with Crippen LogP contribution < -0.4 is 5.32 Å². The van der Waals surface area contributed by atoms with Crippen LogP contribution in [0.2, 0.25) is 0 Å². The minimum Gasteiger partial charge on any atom is -0.344 e. The van der Waals surface area contributed by atoms with Gasteiger partial charge >= 0.3 is 6.03 Å². The van der Waals surface area contributed by atoms with E-state index in [2.05, 4.69) is 5.32 Å². The van der Waals surface area contributed by atoms with Crippen LogP contribution in [-0.2, 0) is 4.79 Å². The highest BCUT2D eigenvalue weighted by Crippen LogP contribution is 2.38. The van der Waals surface area contributed by atoms with Crippen LogP contribution in [0, 0.1) is 11.6 Å². The molecule has 3 amide bonds. The number of rotatable bonds is 1. The van der Waals surface area contributed by atoms with E-state index in [1.54, 1.807) is 11.9 Å². The van der Waals surface area contributed by atoms with Crippen LogP contribution in [0.1, 0.15) is 25.7 Å². The van der Waals surface area contributed by atoms with Gasteiger partial charge in [-0.2, -0.15) is 0 Å². The molecule has 2 saturated heterocycles. The Bertz CT molecular complexity index is 652. The lowest BCUT2D eigenvalue weighted by Gasteiger charge is -2.43. The minimum atomic E-state index is -0.846. The van der Waals surface area contributed by atoms with Gasteiger partial charge in [0.05, 0.1) is 5.69 Å². The van der Waals surface area contributed by atoms with E-state index in [0.717, 1.165) is 31.0 Å². The van der Waals surface area contributed by atoms with Crippen molar-refractivity contribution >= 4 is 17.6 Å². The van der Waals surface area contributed by atoms with Gasteiger partial charge in [0.1, 0.15) is 17.2 Å². The van der Waals surface area contributed by atoms with Crippen molar-refractivity contribution in [3.63, 3.8) is 0 Å². The third-order valence-electron chi connectivity index (χ3n) is 4.73. The molecule has 7 heteroatoms. The maximum Gasteiger partial charge on any atom is 0.322 e. The molecule has 2 fully saturated rings. The third kappa shape index (κ3) is 2.64. The molecular formula is C16H19F2N3O2. The molecule has 0 aromatic heterocycles. The molecule has 5 nitrogen and oxygen atoms in total. The highest BCUT2D eigenvalue weighted by Gasteiger charge is 2.52. The van der Waals surface area contributed by atoms with E-state index in [-0.39, 0.29) is 11.6 Å². The molecule has 3 rings (SSSR count). The molecule has 1 spiro atoms. The first kappa shape index (κ1) is 15.7. The van der Waals surface area contributed by atoms with E-state index in [1.165, 1.54) is 4.90 Å². The molecule has 1 aromatic rings. The average molecular weight is 323 g/mol. The number of likely N-dealkylation sites (tertiary alicyclic amines) is 2. The Morgan fingerprint density at radius 1 is 1.22 bits per heavy atom. The third-order valence-corrected chi connectivity index (χ3v) is 4.73. The standard InChI is InChI=1S/C16H19F2N3O2/c1-20-8-2-6-16(14(20)22)7-3-9-21(16)15(23)19-13-10-11(17)4-5-12(13)18/h4-5,10H,2-3,6-9H2,1H3,(H,19,23). The molecule has 0 saturated carbocycles. The smallest absolute Gasteiger partial charge is 0.322 e. The van der Waals surface area contributed by atoms with Crippen molar-refractivity contribution in [3.8, 4) is 0 Å². The summed E-state index contributed by atoms with van der Waals surface area (Å²) < 4.78 is 27.0. The molecule has 2 heterocycles. The Hall–Kier alpha value is -2.18. The molecule has 0 aliphatic carbocycles. The summed E-state index contributed by atoms with van der Waals surface area (Å²) in [5.74, 6) is -1.41. The van der Waals surface area contributed by atoms with Crippen LogP contribution in [0.4, 0.5) is 19.3 Å². The van der Waals surface area contributed by atoms with Gasteiger partial charge < -0.3 is 15.1 Å². The second-order valence-corrected chi connectivity index (χ2v) is 6.17. The molecule has 2 aliphatic rings. The van der Waals surface area contributed by atoms with E-state index >= 15 is 0 Å². The molecule has 1 unspecified atom stereocenters. The zero-order valence-corrected chi connectivity index (χ0v) is 12.9. The highest BCUT2D eigenvalue weighted by atomic mass is 19.1. The van der Waals surface area contributed by atoms with Gasteiger partial charge in [0, 0.05) is 26.2 Å². The Kier molecular flexibility index (Phi) is 3.95. The fourth-order valence-electron chi connectivity index (χ4n) is 3.61. The predicted octanol–water partition coefficient (Wildman–Crippen LogP) is 2.58. The summed E-state index contributed by atoms with van der Waals surface area (Å²) >= 11 is 0. The summed E-state index contributed by atoms with van der Waals surface area (Å²) in [6.07, 6.45) is 2.75. The Labute approximate surface area is 133 Å². The molecule has 1 aromatic carbocycles. The SMILES string of the molecule is CN1CCCC2(CCCN2C(=O)Nc2cc(F)ccc2F)C1=O. The number of anilines is 1. The van der Waals surface area contributed by atoms with Crippen molar-refractivity contribution in [3.05, 3.63) is 29.8 Å². The van der Waals surface area contributed by atoms with Gasteiger partial charge in [-0.3, -0.25) is 4.79 Å². The zero-order chi connectivity index (χ0) is 16.6. The van der Waals surface area contributed by atoms with Crippen molar-refractivity contribution in [2.75, 3.05) is 25.5 Å². The lowest BCUT2D eigenvalue weighted by Crippen LogP contribution is -2.61. The lowest BCUT2D eigenvalue weighted by atomic mass is 9.86. The highest BCUT2D eigenvalue weighted by molar-refractivity contribution is 5.97. The quantitative estimate of drug-likeness (QED) is 0.864. The summed E-state index contributed by atoms with van der Waals surface area (Å²) in [5, 5.41) is 2.40. The first-order chi connectivity index (χ1) is 10.9. The summed E-state index contributed by atoms with van der Waals surface area (Å²) in [6.45, 7) is 1.11. The number of likely N-dealkylation sites (N-methyl/N-ethyl adjacent to an activating group) is 1. The van der Waals surface area contributed by atoms with Crippen molar-refractivity contribution < 1.29 is 18.4 Å². The average Bonchev–Trinajstić information content (AvgIpc) is 2.93. The fraction of sp³-hybridized carbons (Fsp3) is 0.500. The molecule has 2 aliphatic heterocycles. The zero-order valence-electron chi connectivity index (χ0n) is 12.9. The van der Waals surface area contributed by atoms with E-state index in [9.17, 15) is 18.4 Å². The van der Waals surface area contributed by atoms with Crippen LogP contribution in [0.15, 0.2) is 18.2 Å². The number of nitrogens with zero attached hydrogens (tertiary/aromatic N) is 2. The van der Waals surface area contributed by atoms with E-state index in [4.69, 9.17) is 0 Å². The maximum atomic E-state index is 13.7. The number of nitrogens with one attached hydrogen (secondary N) is 1. The molecule has 0 bridgehead atoms. The van der Waals surface area contributed by atoms with E-state index in [1.807, 2.05) is 0 Å². The molecule has 0 radical (unpaired) electrons. The van der Waals surface area contributed by atoms with Gasteiger partial charge in [-0.1, -0.05) is 0 Å². The van der Waals surface area contributed by atoms with Gasteiger partial charge in [0.25, 0.3) is 0 Å². The second kappa shape index (κ2) is 5.79. The minimum absolute atomic E-state index is 0.0730. The first-order valence-electron chi connectivity index (χ1n) is 7.73. The van der Waals surface area contributed by atoms with Crippen molar-refractivity contribution in [1.82, 2.24) is 9.80 Å². The Morgan fingerprint density at radius 3 is 2.65 bits per heavy atom. The first-order valence-corrected chi connectivity index (χ1v) is 7.73. The van der Waals surface area contributed by atoms with Crippen molar-refractivity contribution in [1.29, 1.82) is 0 Å². The number of halogens is 2. The van der Waals surface area contributed by atoms with Gasteiger partial charge in [0.2, 0.25) is 5.91 Å². The topological polar surface area (TPSA) is 52.6 Å². The number of piperidine rings is 1. The van der Waals surface area contributed by atoms with Gasteiger partial charge in [0.15, 0.2) is 0 Å². The van der Waals surface area contributed by atoms with Crippen LogP contribution >= 0.6 is 0 Å². The number of hydrogen-bond donors (Lipinski definition) is 1. The van der Waals surface area contributed by atoms with Crippen LogP contribution in [0.3, 0.4) is 0 Å². The number of carbonyl (C=O) groups is 2. The summed E-state index contributed by atoms with van der Waals surface area (Å²) in [6, 6.07) is 2.33. The molecule has 1 atom stereocenters. The molecular weight excluding hydrogens is 304 g/mol. The van der Waals surface area contributed by atoms with E-state index in [0.29, 0.717) is 25.9 Å². The molecule has 124 valence electrons. The Morgan fingerprint density at radius 2 is 1.91 bits per heavy atom. The van der Waals surface area contributed by atoms with Crippen molar-refractivity contribution in [2.24, 2.45) is 0 Å². The van der Waals surface area contributed by atoms with Crippen LogP contribution in [0.25, 0.3) is 0 Å². The summed E-state index contributed by atoms with van der Waals surface area (Å²) in [4.78, 5) is 28.3. The number of benzene rings is 1. The van der Waals surface area contributed by atoms with Gasteiger partial charge in [-0.25, -0.2) is 13.6 Å². The van der Waals surface area contributed by atoms with E-state index < -0.39 is 23.2 Å². The van der Waals surface area contributed by atoms with Crippen LogP contribution in [-0.4, -0.2) is 47.4 Å². The molecule has 23 heavy (non-hydrogen) atoms. The molecule has 1 N–H and O–H groups in total.